The third kappa shape index (κ3) is 9.15. The van der Waals surface area contributed by atoms with E-state index in [9.17, 15) is 0 Å². The number of hydrogen-bond acceptors (Lipinski definition) is 4. The second-order valence-electron chi connectivity index (χ2n) is 8.13. The lowest BCUT2D eigenvalue weighted by molar-refractivity contribution is 0.128. The average molecular weight is 404 g/mol. The third-order valence-corrected chi connectivity index (χ3v) is 5.47. The summed E-state index contributed by atoms with van der Waals surface area (Å²) < 4.78 is 5.67. The summed E-state index contributed by atoms with van der Waals surface area (Å²) in [6.45, 7) is 16.6. The molecule has 1 fully saturated rings. The molecular weight excluding hydrogens is 362 g/mol. The van der Waals surface area contributed by atoms with Gasteiger partial charge in [0.1, 0.15) is 0 Å². The molecule has 2 N–H and O–H groups in total. The van der Waals surface area contributed by atoms with Crippen molar-refractivity contribution in [2.24, 2.45) is 10.9 Å². The van der Waals surface area contributed by atoms with Gasteiger partial charge in [-0.2, -0.15) is 0 Å². The largest absolute Gasteiger partial charge is 0.380 e. The van der Waals surface area contributed by atoms with Crippen LogP contribution in [0.3, 0.4) is 0 Å². The van der Waals surface area contributed by atoms with Gasteiger partial charge in [-0.05, 0) is 30.0 Å². The second-order valence-corrected chi connectivity index (χ2v) is 8.13. The summed E-state index contributed by atoms with van der Waals surface area (Å²) in [7, 11) is 1.81. The van der Waals surface area contributed by atoms with Gasteiger partial charge in [0.25, 0.3) is 0 Å². The molecule has 0 radical (unpaired) electrons. The zero-order chi connectivity index (χ0) is 20.9. The van der Waals surface area contributed by atoms with Gasteiger partial charge >= 0.3 is 0 Å². The SMILES string of the molecule is CCN1CCN(Cc2ccccc2CNC(=NC)NCCOCCC(C)C)CC1. The van der Waals surface area contributed by atoms with Gasteiger partial charge in [0.05, 0.1) is 6.61 Å². The Morgan fingerprint density at radius 2 is 1.72 bits per heavy atom. The van der Waals surface area contributed by atoms with Crippen molar-refractivity contribution in [3.63, 3.8) is 0 Å². The van der Waals surface area contributed by atoms with Crippen molar-refractivity contribution < 1.29 is 4.74 Å². The highest BCUT2D eigenvalue weighted by molar-refractivity contribution is 5.79. The molecule has 0 aliphatic carbocycles. The summed E-state index contributed by atoms with van der Waals surface area (Å²) >= 11 is 0. The Kier molecular flexibility index (Phi) is 11.1. The van der Waals surface area contributed by atoms with E-state index >= 15 is 0 Å². The van der Waals surface area contributed by atoms with Crippen LogP contribution >= 0.6 is 0 Å². The highest BCUT2D eigenvalue weighted by Gasteiger charge is 2.16. The van der Waals surface area contributed by atoms with Crippen LogP contribution < -0.4 is 10.6 Å². The van der Waals surface area contributed by atoms with Crippen LogP contribution in [0.1, 0.15) is 38.3 Å². The van der Waals surface area contributed by atoms with Crippen LogP contribution in [0.4, 0.5) is 0 Å². The molecule has 1 saturated heterocycles. The molecule has 0 spiro atoms. The molecule has 0 amide bonds. The molecule has 1 heterocycles. The van der Waals surface area contributed by atoms with Gasteiger partial charge in [-0.1, -0.05) is 45.0 Å². The first kappa shape index (κ1) is 23.6. The summed E-state index contributed by atoms with van der Waals surface area (Å²) in [5.74, 6) is 1.51. The zero-order valence-corrected chi connectivity index (χ0v) is 18.9. The van der Waals surface area contributed by atoms with Gasteiger partial charge in [-0.25, -0.2) is 0 Å². The number of likely N-dealkylation sites (N-methyl/N-ethyl adjacent to an activating group) is 1. The van der Waals surface area contributed by atoms with Crippen LogP contribution in [-0.2, 0) is 17.8 Å². The van der Waals surface area contributed by atoms with E-state index in [-0.39, 0.29) is 0 Å². The van der Waals surface area contributed by atoms with Crippen molar-refractivity contribution in [3.05, 3.63) is 35.4 Å². The average Bonchev–Trinajstić information content (AvgIpc) is 2.74. The molecule has 0 aromatic heterocycles. The molecular formula is C23H41N5O. The fourth-order valence-corrected chi connectivity index (χ4v) is 3.45. The number of guanidine groups is 1. The van der Waals surface area contributed by atoms with Crippen molar-refractivity contribution in [2.45, 2.75) is 40.3 Å². The zero-order valence-electron chi connectivity index (χ0n) is 18.9. The molecule has 29 heavy (non-hydrogen) atoms. The first-order chi connectivity index (χ1) is 14.1. The van der Waals surface area contributed by atoms with Crippen LogP contribution in [-0.4, -0.2) is 75.3 Å². The molecule has 0 unspecified atom stereocenters. The van der Waals surface area contributed by atoms with Crippen molar-refractivity contribution in [1.29, 1.82) is 0 Å². The molecule has 0 saturated carbocycles. The van der Waals surface area contributed by atoms with Crippen LogP contribution in [0.25, 0.3) is 0 Å². The van der Waals surface area contributed by atoms with E-state index in [4.69, 9.17) is 4.74 Å². The summed E-state index contributed by atoms with van der Waals surface area (Å²) in [5.41, 5.74) is 2.74. The molecule has 2 rings (SSSR count). The Hall–Kier alpha value is -1.63. The molecule has 0 bridgehead atoms. The highest BCUT2D eigenvalue weighted by atomic mass is 16.5. The van der Waals surface area contributed by atoms with Crippen molar-refractivity contribution >= 4 is 5.96 Å². The lowest BCUT2D eigenvalue weighted by Crippen LogP contribution is -2.45. The summed E-state index contributed by atoms with van der Waals surface area (Å²) in [5, 5.41) is 6.78. The normalized spacial score (nSPS) is 16.4. The van der Waals surface area contributed by atoms with Crippen LogP contribution in [0.5, 0.6) is 0 Å². The van der Waals surface area contributed by atoms with E-state index in [1.807, 2.05) is 7.05 Å². The van der Waals surface area contributed by atoms with Gasteiger partial charge < -0.3 is 20.3 Å². The minimum Gasteiger partial charge on any atom is -0.380 e. The topological polar surface area (TPSA) is 52.1 Å². The van der Waals surface area contributed by atoms with Gasteiger partial charge in [0.15, 0.2) is 5.96 Å². The van der Waals surface area contributed by atoms with Gasteiger partial charge in [-0.15, -0.1) is 0 Å². The number of ether oxygens (including phenoxy) is 1. The minimum atomic E-state index is 0.688. The van der Waals surface area contributed by atoms with Crippen molar-refractivity contribution in [1.82, 2.24) is 20.4 Å². The van der Waals surface area contributed by atoms with Gasteiger partial charge in [0.2, 0.25) is 0 Å². The van der Waals surface area contributed by atoms with Crippen LogP contribution in [0.15, 0.2) is 29.3 Å². The first-order valence-corrected chi connectivity index (χ1v) is 11.2. The van der Waals surface area contributed by atoms with E-state index in [2.05, 4.69) is 70.5 Å². The van der Waals surface area contributed by atoms with Crippen LogP contribution in [0, 0.1) is 5.92 Å². The maximum Gasteiger partial charge on any atom is 0.191 e. The van der Waals surface area contributed by atoms with Crippen molar-refractivity contribution in [2.75, 3.05) is 59.5 Å². The quantitative estimate of drug-likeness (QED) is 0.338. The number of piperazine rings is 1. The predicted molar refractivity (Wildman–Crippen MR) is 122 cm³/mol. The predicted octanol–water partition coefficient (Wildman–Crippen LogP) is 2.55. The summed E-state index contributed by atoms with van der Waals surface area (Å²) in [6, 6.07) is 8.73. The fraction of sp³-hybridized carbons (Fsp3) is 0.696. The Balaban J connectivity index is 1.75. The Labute approximate surface area is 177 Å². The lowest BCUT2D eigenvalue weighted by atomic mass is 10.1. The molecule has 1 aromatic rings. The molecule has 164 valence electrons. The smallest absolute Gasteiger partial charge is 0.191 e. The van der Waals surface area contributed by atoms with Crippen molar-refractivity contribution in [3.8, 4) is 0 Å². The minimum absolute atomic E-state index is 0.688. The lowest BCUT2D eigenvalue weighted by Gasteiger charge is -2.34. The maximum atomic E-state index is 5.67. The van der Waals surface area contributed by atoms with E-state index in [1.165, 1.54) is 24.2 Å². The van der Waals surface area contributed by atoms with E-state index in [1.54, 1.807) is 0 Å². The Morgan fingerprint density at radius 1 is 1.03 bits per heavy atom. The van der Waals surface area contributed by atoms with Crippen LogP contribution in [0.2, 0.25) is 0 Å². The van der Waals surface area contributed by atoms with E-state index in [0.29, 0.717) is 12.5 Å². The number of nitrogens with zero attached hydrogens (tertiary/aromatic N) is 3. The second kappa shape index (κ2) is 13.6. The number of hydrogen-bond donors (Lipinski definition) is 2. The standard InChI is InChI=1S/C23H41N5O/c1-5-27-12-14-28(15-13-27)19-22-9-7-6-8-21(22)18-26-23(24-4)25-11-17-29-16-10-20(2)3/h6-9,20H,5,10-19H2,1-4H3,(H2,24,25,26). The Morgan fingerprint density at radius 3 is 2.38 bits per heavy atom. The van der Waals surface area contributed by atoms with Gasteiger partial charge in [-0.3, -0.25) is 9.89 Å². The molecule has 1 aliphatic rings. The first-order valence-electron chi connectivity index (χ1n) is 11.2. The number of rotatable bonds is 11. The van der Waals surface area contributed by atoms with Gasteiger partial charge in [0, 0.05) is 59.5 Å². The number of benzene rings is 1. The third-order valence-electron chi connectivity index (χ3n) is 5.47. The van der Waals surface area contributed by atoms with E-state index in [0.717, 1.165) is 58.3 Å². The Bertz CT molecular complexity index is 597. The molecule has 6 nitrogen and oxygen atoms in total. The molecule has 0 atom stereocenters. The summed E-state index contributed by atoms with van der Waals surface area (Å²) in [4.78, 5) is 9.42. The monoisotopic (exact) mass is 403 g/mol. The number of nitrogens with one attached hydrogen (secondary N) is 2. The molecule has 1 aromatic carbocycles. The maximum absolute atomic E-state index is 5.67. The van der Waals surface area contributed by atoms with E-state index < -0.39 is 0 Å². The molecule has 6 heteroatoms. The number of aliphatic imine (C=N–C) groups is 1. The molecule has 1 aliphatic heterocycles. The fourth-order valence-electron chi connectivity index (χ4n) is 3.45. The summed E-state index contributed by atoms with van der Waals surface area (Å²) in [6.07, 6.45) is 1.11. The highest BCUT2D eigenvalue weighted by Crippen LogP contribution is 2.13.